The Morgan fingerprint density at radius 1 is 0.938 bits per heavy atom. The number of hydrogen-bond donors (Lipinski definition) is 1. The molecule has 0 spiro atoms. The fraction of sp³-hybridized carbons (Fsp3) is 0.409. The highest BCUT2D eigenvalue weighted by Gasteiger charge is 2.30. The summed E-state index contributed by atoms with van der Waals surface area (Å²) >= 11 is 0. The van der Waals surface area contributed by atoms with Crippen LogP contribution in [0.1, 0.15) is 23.1 Å². The monoisotopic (exact) mass is 469 g/mol. The first kappa shape index (κ1) is 24.2. The van der Waals surface area contributed by atoms with Gasteiger partial charge in [-0.1, -0.05) is 24.3 Å². The molecule has 1 heterocycles. The topological polar surface area (TPSA) is 69.7 Å². The molecule has 174 valence electrons. The normalized spacial score (nSPS) is 15.7. The minimum absolute atomic E-state index is 0.0334. The molecule has 0 radical (unpaired) electrons. The summed E-state index contributed by atoms with van der Waals surface area (Å²) in [5.74, 6) is 0.0334. The summed E-state index contributed by atoms with van der Waals surface area (Å²) in [7, 11) is -2.13. The van der Waals surface area contributed by atoms with Crippen molar-refractivity contribution in [1.29, 1.82) is 0 Å². The van der Waals surface area contributed by atoms with E-state index in [0.717, 1.165) is 23.3 Å². The number of amides is 1. The van der Waals surface area contributed by atoms with E-state index in [1.807, 2.05) is 0 Å². The number of benzene rings is 2. The molecule has 0 unspecified atom stereocenters. The molecule has 32 heavy (non-hydrogen) atoms. The zero-order valence-corrected chi connectivity index (χ0v) is 18.5. The smallest absolute Gasteiger partial charge is 0.340 e. The van der Waals surface area contributed by atoms with Gasteiger partial charge in [0.2, 0.25) is 15.9 Å². The van der Waals surface area contributed by atoms with Crippen molar-refractivity contribution >= 4 is 15.9 Å². The summed E-state index contributed by atoms with van der Waals surface area (Å²) in [5, 5.41) is 0. The van der Waals surface area contributed by atoms with Crippen molar-refractivity contribution in [3.8, 4) is 0 Å². The predicted molar refractivity (Wildman–Crippen MR) is 114 cm³/mol. The van der Waals surface area contributed by atoms with Crippen molar-refractivity contribution in [3.63, 3.8) is 0 Å². The van der Waals surface area contributed by atoms with Crippen molar-refractivity contribution in [2.24, 2.45) is 0 Å². The number of rotatable bonds is 7. The van der Waals surface area contributed by atoms with Crippen molar-refractivity contribution in [3.05, 3.63) is 65.2 Å². The second-order valence-electron chi connectivity index (χ2n) is 7.70. The van der Waals surface area contributed by atoms with Crippen LogP contribution in [0.5, 0.6) is 0 Å². The van der Waals surface area contributed by atoms with E-state index in [1.165, 1.54) is 31.3 Å². The van der Waals surface area contributed by atoms with Gasteiger partial charge in [0.25, 0.3) is 0 Å². The van der Waals surface area contributed by atoms with Crippen molar-refractivity contribution < 1.29 is 26.4 Å². The largest absolute Gasteiger partial charge is 0.416 e. The summed E-state index contributed by atoms with van der Waals surface area (Å²) in [5.41, 5.74) is 1.03. The van der Waals surface area contributed by atoms with Gasteiger partial charge in [0.15, 0.2) is 0 Å². The van der Waals surface area contributed by atoms with Crippen LogP contribution >= 0.6 is 0 Å². The fourth-order valence-electron chi connectivity index (χ4n) is 3.58. The van der Waals surface area contributed by atoms with Gasteiger partial charge in [0.1, 0.15) is 0 Å². The average molecular weight is 470 g/mol. The molecule has 1 N–H and O–H groups in total. The van der Waals surface area contributed by atoms with Crippen LogP contribution < -0.4 is 4.72 Å². The van der Waals surface area contributed by atoms with E-state index in [1.54, 1.807) is 17.0 Å². The molecule has 1 fully saturated rings. The summed E-state index contributed by atoms with van der Waals surface area (Å²) in [6, 6.07) is 11.6. The quantitative estimate of drug-likeness (QED) is 0.677. The first-order valence-corrected chi connectivity index (χ1v) is 11.8. The number of carbonyl (C=O) groups excluding carboxylic acids is 1. The standard InChI is InChI=1S/C22H26F3N3O3S/c1-26-32(30,31)20-9-4-17(5-10-20)6-11-21(29)28-14-12-27(13-15-28)16-18-2-7-19(8-3-18)22(23,24)25/h2-5,7-10,26H,6,11-16H2,1H3. The number of aryl methyl sites for hydroxylation is 1. The number of sulfonamides is 1. The maximum absolute atomic E-state index is 12.7. The third-order valence-electron chi connectivity index (χ3n) is 5.54. The van der Waals surface area contributed by atoms with Crippen LogP contribution in [-0.2, 0) is 34.0 Å². The van der Waals surface area contributed by atoms with Crippen LogP contribution in [0.2, 0.25) is 0 Å². The van der Waals surface area contributed by atoms with Gasteiger partial charge in [0, 0.05) is 39.1 Å². The average Bonchev–Trinajstić information content (AvgIpc) is 2.78. The summed E-state index contributed by atoms with van der Waals surface area (Å²) in [6.07, 6.45) is -3.49. The van der Waals surface area contributed by atoms with E-state index in [9.17, 15) is 26.4 Å². The lowest BCUT2D eigenvalue weighted by atomic mass is 10.1. The minimum Gasteiger partial charge on any atom is -0.340 e. The highest BCUT2D eigenvalue weighted by atomic mass is 32.2. The molecule has 1 amide bonds. The molecule has 2 aromatic carbocycles. The molecule has 1 aliphatic rings. The number of carbonyl (C=O) groups is 1. The summed E-state index contributed by atoms with van der Waals surface area (Å²) < 4.78 is 63.8. The number of halogens is 3. The molecular weight excluding hydrogens is 443 g/mol. The number of nitrogens with zero attached hydrogens (tertiary/aromatic N) is 2. The molecule has 6 nitrogen and oxygen atoms in total. The van der Waals surface area contributed by atoms with Crippen LogP contribution in [0.3, 0.4) is 0 Å². The Hall–Kier alpha value is -2.43. The number of alkyl halides is 3. The van der Waals surface area contributed by atoms with E-state index < -0.39 is 21.8 Å². The first-order valence-electron chi connectivity index (χ1n) is 10.3. The van der Waals surface area contributed by atoms with E-state index >= 15 is 0 Å². The van der Waals surface area contributed by atoms with Gasteiger partial charge in [0.05, 0.1) is 10.5 Å². The van der Waals surface area contributed by atoms with Crippen molar-refractivity contribution in [1.82, 2.24) is 14.5 Å². The second-order valence-corrected chi connectivity index (χ2v) is 9.59. The molecule has 1 aliphatic heterocycles. The molecule has 2 aromatic rings. The van der Waals surface area contributed by atoms with Crippen LogP contribution in [0.15, 0.2) is 53.4 Å². The molecule has 3 rings (SSSR count). The summed E-state index contributed by atoms with van der Waals surface area (Å²) in [6.45, 7) is 2.99. The lowest BCUT2D eigenvalue weighted by Crippen LogP contribution is -2.48. The molecule has 0 atom stereocenters. The Morgan fingerprint density at radius 2 is 1.50 bits per heavy atom. The molecule has 0 saturated carbocycles. The van der Waals surface area contributed by atoms with Gasteiger partial charge in [-0.05, 0) is 48.9 Å². The lowest BCUT2D eigenvalue weighted by Gasteiger charge is -2.35. The third-order valence-corrected chi connectivity index (χ3v) is 6.97. The van der Waals surface area contributed by atoms with Gasteiger partial charge >= 0.3 is 6.18 Å². The Bertz CT molecular complexity index is 1020. The fourth-order valence-corrected chi connectivity index (χ4v) is 4.31. The predicted octanol–water partition coefficient (Wildman–Crippen LogP) is 2.89. The SMILES string of the molecule is CNS(=O)(=O)c1ccc(CCC(=O)N2CCN(Cc3ccc(C(F)(F)F)cc3)CC2)cc1. The molecule has 0 aliphatic carbocycles. The minimum atomic E-state index is -4.34. The Kier molecular flexibility index (Phi) is 7.58. The zero-order chi connectivity index (χ0) is 23.4. The van der Waals surface area contributed by atoms with E-state index in [-0.39, 0.29) is 10.8 Å². The van der Waals surface area contributed by atoms with Gasteiger partial charge in [-0.25, -0.2) is 13.1 Å². The van der Waals surface area contributed by atoms with Crippen LogP contribution in [-0.4, -0.2) is 57.4 Å². The Balaban J connectivity index is 1.44. The van der Waals surface area contributed by atoms with Crippen molar-refractivity contribution in [2.45, 2.75) is 30.5 Å². The van der Waals surface area contributed by atoms with Crippen LogP contribution in [0, 0.1) is 0 Å². The van der Waals surface area contributed by atoms with Gasteiger partial charge in [-0.15, -0.1) is 0 Å². The molecule has 1 saturated heterocycles. The Labute approximate surface area is 186 Å². The second kappa shape index (κ2) is 10.0. The third kappa shape index (κ3) is 6.30. The van der Waals surface area contributed by atoms with Crippen molar-refractivity contribution in [2.75, 3.05) is 33.2 Å². The Morgan fingerprint density at radius 3 is 2.03 bits per heavy atom. The van der Waals surface area contributed by atoms with Crippen LogP contribution in [0.25, 0.3) is 0 Å². The van der Waals surface area contributed by atoms with E-state index in [4.69, 9.17) is 0 Å². The van der Waals surface area contributed by atoms with E-state index in [2.05, 4.69) is 9.62 Å². The highest BCUT2D eigenvalue weighted by Crippen LogP contribution is 2.29. The molecular formula is C22H26F3N3O3S. The molecule has 10 heteroatoms. The van der Waals surface area contributed by atoms with Gasteiger partial charge in [-0.3, -0.25) is 9.69 Å². The first-order chi connectivity index (χ1) is 15.1. The number of nitrogens with one attached hydrogen (secondary N) is 1. The van der Waals surface area contributed by atoms with E-state index in [0.29, 0.717) is 45.6 Å². The lowest BCUT2D eigenvalue weighted by molar-refractivity contribution is -0.137. The highest BCUT2D eigenvalue weighted by molar-refractivity contribution is 7.89. The molecule has 0 aromatic heterocycles. The molecule has 0 bridgehead atoms. The number of piperazine rings is 1. The zero-order valence-electron chi connectivity index (χ0n) is 17.7. The number of hydrogen-bond acceptors (Lipinski definition) is 4. The maximum atomic E-state index is 12.7. The summed E-state index contributed by atoms with van der Waals surface area (Å²) in [4.78, 5) is 16.6. The van der Waals surface area contributed by atoms with Crippen LogP contribution in [0.4, 0.5) is 13.2 Å². The van der Waals surface area contributed by atoms with Gasteiger partial charge in [-0.2, -0.15) is 13.2 Å². The van der Waals surface area contributed by atoms with Gasteiger partial charge < -0.3 is 4.90 Å². The maximum Gasteiger partial charge on any atom is 0.416 e.